The number of nitriles is 1. The summed E-state index contributed by atoms with van der Waals surface area (Å²) in [5.41, 5.74) is 1.82. The summed E-state index contributed by atoms with van der Waals surface area (Å²) in [6, 6.07) is 9.63. The second-order valence-corrected chi connectivity index (χ2v) is 4.53. The Morgan fingerprint density at radius 3 is 2.67 bits per heavy atom. The molecule has 0 aromatic heterocycles. The normalized spacial score (nSPS) is 12.1. The molecule has 96 valence electrons. The van der Waals surface area contributed by atoms with Crippen LogP contribution in [0.2, 0.25) is 0 Å². The van der Waals surface area contributed by atoms with Crippen LogP contribution in [0.3, 0.4) is 0 Å². The van der Waals surface area contributed by atoms with Crippen LogP contribution in [0.4, 0.5) is 0 Å². The molecule has 18 heavy (non-hydrogen) atoms. The van der Waals surface area contributed by atoms with Gasteiger partial charge in [-0.05, 0) is 37.6 Å². The summed E-state index contributed by atoms with van der Waals surface area (Å²) in [6.07, 6.45) is 3.10. The molecule has 0 aliphatic carbocycles. The van der Waals surface area contributed by atoms with Crippen LogP contribution in [0.25, 0.3) is 0 Å². The number of benzene rings is 1. The average molecular weight is 244 g/mol. The largest absolute Gasteiger partial charge is 0.392 e. The highest BCUT2D eigenvalue weighted by Crippen LogP contribution is 2.07. The lowest BCUT2D eigenvalue weighted by molar-refractivity contribution is 0.116. The molecule has 1 rings (SSSR count). The van der Waals surface area contributed by atoms with E-state index in [0.29, 0.717) is 12.1 Å². The van der Waals surface area contributed by atoms with Gasteiger partial charge < -0.3 is 5.11 Å². The predicted octanol–water partition coefficient (Wildman–Crippen LogP) is 2.32. The summed E-state index contributed by atoms with van der Waals surface area (Å²) in [7, 11) is 1.98. The van der Waals surface area contributed by atoms with Crippen LogP contribution in [-0.4, -0.2) is 29.7 Å². The first-order chi connectivity index (χ1) is 8.65. The third kappa shape index (κ3) is 5.13. The van der Waals surface area contributed by atoms with Gasteiger partial charge in [-0.3, -0.25) is 4.90 Å². The highest BCUT2D eigenvalue weighted by molar-refractivity contribution is 5.31. The maximum atomic E-state index is 9.78. The number of nitrogens with zero attached hydrogens (tertiary/aromatic N) is 2. The van der Waals surface area contributed by atoms with Crippen LogP contribution in [0.1, 0.15) is 24.0 Å². The minimum Gasteiger partial charge on any atom is -0.392 e. The van der Waals surface area contributed by atoms with Gasteiger partial charge in [-0.1, -0.05) is 18.2 Å². The summed E-state index contributed by atoms with van der Waals surface area (Å²) in [6.45, 7) is 5.07. The van der Waals surface area contributed by atoms with Crippen molar-refractivity contribution >= 4 is 0 Å². The molecule has 3 heteroatoms. The van der Waals surface area contributed by atoms with Gasteiger partial charge in [0.1, 0.15) is 0 Å². The zero-order chi connectivity index (χ0) is 13.4. The van der Waals surface area contributed by atoms with E-state index >= 15 is 0 Å². The SMILES string of the molecule is C=CCCC(O)CN(C)Cc1ccc(C#N)cc1. The molecule has 0 aliphatic rings. The van der Waals surface area contributed by atoms with Crippen molar-refractivity contribution < 1.29 is 5.11 Å². The molecule has 0 amide bonds. The molecule has 0 saturated carbocycles. The first-order valence-electron chi connectivity index (χ1n) is 6.12. The molecule has 0 radical (unpaired) electrons. The summed E-state index contributed by atoms with van der Waals surface area (Å²) in [4.78, 5) is 2.08. The van der Waals surface area contributed by atoms with Crippen LogP contribution in [-0.2, 0) is 6.54 Å². The Labute approximate surface area is 109 Å². The van der Waals surface area contributed by atoms with Crippen molar-refractivity contribution in [2.75, 3.05) is 13.6 Å². The van der Waals surface area contributed by atoms with E-state index in [1.165, 1.54) is 0 Å². The maximum absolute atomic E-state index is 9.78. The van der Waals surface area contributed by atoms with Gasteiger partial charge in [0.05, 0.1) is 17.7 Å². The van der Waals surface area contributed by atoms with Gasteiger partial charge in [-0.25, -0.2) is 0 Å². The van der Waals surface area contributed by atoms with Gasteiger partial charge in [-0.2, -0.15) is 5.26 Å². The Bertz CT molecular complexity index is 405. The van der Waals surface area contributed by atoms with Crippen molar-refractivity contribution in [3.63, 3.8) is 0 Å². The standard InChI is InChI=1S/C15H20N2O/c1-3-4-5-15(18)12-17(2)11-14-8-6-13(10-16)7-9-14/h3,6-9,15,18H,1,4-5,11-12H2,2H3. The average Bonchev–Trinajstić information content (AvgIpc) is 2.37. The molecule has 1 aromatic carbocycles. The van der Waals surface area contributed by atoms with Gasteiger partial charge in [0.15, 0.2) is 0 Å². The lowest BCUT2D eigenvalue weighted by Gasteiger charge is -2.20. The van der Waals surface area contributed by atoms with Crippen molar-refractivity contribution in [3.8, 4) is 6.07 Å². The zero-order valence-electron chi connectivity index (χ0n) is 10.8. The van der Waals surface area contributed by atoms with Crippen LogP contribution in [0, 0.1) is 11.3 Å². The third-order valence-electron chi connectivity index (χ3n) is 2.76. The number of likely N-dealkylation sites (N-methyl/N-ethyl adjacent to an activating group) is 1. The molecule has 1 unspecified atom stereocenters. The van der Waals surface area contributed by atoms with E-state index < -0.39 is 0 Å². The maximum Gasteiger partial charge on any atom is 0.0991 e. The Hall–Kier alpha value is -1.63. The molecule has 0 saturated heterocycles. The molecule has 0 fully saturated rings. The monoisotopic (exact) mass is 244 g/mol. The summed E-state index contributed by atoms with van der Waals surface area (Å²) in [5.74, 6) is 0. The molecule has 1 N–H and O–H groups in total. The molecule has 0 heterocycles. The van der Waals surface area contributed by atoms with Crippen LogP contribution < -0.4 is 0 Å². The van der Waals surface area contributed by atoms with Gasteiger partial charge in [-0.15, -0.1) is 6.58 Å². The number of allylic oxidation sites excluding steroid dienone is 1. The van der Waals surface area contributed by atoms with Crippen molar-refractivity contribution in [2.45, 2.75) is 25.5 Å². The van der Waals surface area contributed by atoms with E-state index in [2.05, 4.69) is 17.5 Å². The van der Waals surface area contributed by atoms with E-state index in [0.717, 1.165) is 24.9 Å². The lowest BCUT2D eigenvalue weighted by atomic mass is 10.1. The van der Waals surface area contributed by atoms with E-state index in [1.807, 2.05) is 37.4 Å². The van der Waals surface area contributed by atoms with Gasteiger partial charge >= 0.3 is 0 Å². The van der Waals surface area contributed by atoms with Crippen LogP contribution in [0.15, 0.2) is 36.9 Å². The fourth-order valence-electron chi connectivity index (χ4n) is 1.82. The second-order valence-electron chi connectivity index (χ2n) is 4.53. The lowest BCUT2D eigenvalue weighted by Crippen LogP contribution is -2.28. The minimum absolute atomic E-state index is 0.314. The van der Waals surface area contributed by atoms with Crippen molar-refractivity contribution in [1.82, 2.24) is 4.90 Å². The van der Waals surface area contributed by atoms with E-state index in [9.17, 15) is 5.11 Å². The Kier molecular flexibility index (Phi) is 6.13. The smallest absolute Gasteiger partial charge is 0.0991 e. The summed E-state index contributed by atoms with van der Waals surface area (Å²) in [5, 5.41) is 18.5. The number of hydrogen-bond acceptors (Lipinski definition) is 3. The molecule has 3 nitrogen and oxygen atoms in total. The Balaban J connectivity index is 2.41. The van der Waals surface area contributed by atoms with Crippen molar-refractivity contribution in [3.05, 3.63) is 48.0 Å². The minimum atomic E-state index is -0.314. The van der Waals surface area contributed by atoms with Gasteiger partial charge in [0.2, 0.25) is 0 Å². The van der Waals surface area contributed by atoms with Gasteiger partial charge in [0.25, 0.3) is 0 Å². The molecular formula is C15H20N2O. The fraction of sp³-hybridized carbons (Fsp3) is 0.400. The number of aliphatic hydroxyl groups is 1. The first-order valence-corrected chi connectivity index (χ1v) is 6.12. The second kappa shape index (κ2) is 7.65. The van der Waals surface area contributed by atoms with E-state index in [4.69, 9.17) is 5.26 Å². The first kappa shape index (κ1) is 14.4. The Morgan fingerprint density at radius 1 is 1.44 bits per heavy atom. The molecule has 1 atom stereocenters. The number of hydrogen-bond donors (Lipinski definition) is 1. The molecule has 0 aliphatic heterocycles. The van der Waals surface area contributed by atoms with Crippen LogP contribution in [0.5, 0.6) is 0 Å². The molecule has 0 bridgehead atoms. The van der Waals surface area contributed by atoms with Crippen molar-refractivity contribution in [2.24, 2.45) is 0 Å². The fourth-order valence-corrected chi connectivity index (χ4v) is 1.82. The molecule has 0 spiro atoms. The number of aliphatic hydroxyl groups excluding tert-OH is 1. The van der Waals surface area contributed by atoms with E-state index in [-0.39, 0.29) is 6.10 Å². The summed E-state index contributed by atoms with van der Waals surface area (Å²) >= 11 is 0. The van der Waals surface area contributed by atoms with Crippen molar-refractivity contribution in [1.29, 1.82) is 5.26 Å². The molecule has 1 aromatic rings. The quantitative estimate of drug-likeness (QED) is 0.749. The Morgan fingerprint density at radius 2 is 2.11 bits per heavy atom. The predicted molar refractivity (Wildman–Crippen MR) is 72.9 cm³/mol. The topological polar surface area (TPSA) is 47.3 Å². The van der Waals surface area contributed by atoms with E-state index in [1.54, 1.807) is 0 Å². The highest BCUT2D eigenvalue weighted by Gasteiger charge is 2.07. The van der Waals surface area contributed by atoms with Crippen LogP contribution >= 0.6 is 0 Å². The highest BCUT2D eigenvalue weighted by atomic mass is 16.3. The van der Waals surface area contributed by atoms with Gasteiger partial charge in [0, 0.05) is 13.1 Å². The third-order valence-corrected chi connectivity index (χ3v) is 2.76. The number of rotatable bonds is 7. The summed E-state index contributed by atoms with van der Waals surface area (Å²) < 4.78 is 0. The molecular weight excluding hydrogens is 224 g/mol. The zero-order valence-corrected chi connectivity index (χ0v) is 10.8.